The van der Waals surface area contributed by atoms with Crippen LogP contribution in [0.25, 0.3) is 0 Å². The molecule has 0 aromatic heterocycles. The van der Waals surface area contributed by atoms with Crippen molar-refractivity contribution in [3.8, 4) is 0 Å². The van der Waals surface area contributed by atoms with E-state index in [2.05, 4.69) is 52.4 Å². The fourth-order valence-electron chi connectivity index (χ4n) is 4.59. The van der Waals surface area contributed by atoms with Gasteiger partial charge in [0.15, 0.2) is 28.8 Å². The van der Waals surface area contributed by atoms with Gasteiger partial charge in [0.1, 0.15) is 13.2 Å². The lowest BCUT2D eigenvalue weighted by Crippen LogP contribution is -2.56. The molecule has 0 radical (unpaired) electrons. The molecule has 0 aliphatic carbocycles. The van der Waals surface area contributed by atoms with E-state index in [0.29, 0.717) is 26.4 Å². The third-order valence-corrected chi connectivity index (χ3v) is 21.0. The van der Waals surface area contributed by atoms with Gasteiger partial charge in [0.2, 0.25) is 0 Å². The van der Waals surface area contributed by atoms with Crippen LogP contribution in [0.3, 0.4) is 0 Å². The lowest BCUT2D eigenvalue weighted by atomic mass is 10.4. The standard InChI is InChI=1S/C22H46O11Si4/c1-34(2,13-9-11-25-15-19-17-27-21(23)29-19)31-36(5,6)33-37(7,8)32-35(3,4)14-10-12-26-16-20-18-28-22(24)30-20/h19-20H,9-18H2,1-8H3. The molecule has 0 amide bonds. The maximum Gasteiger partial charge on any atom is 0.508 e. The number of hydrogen-bond donors (Lipinski definition) is 0. The van der Waals surface area contributed by atoms with E-state index >= 15 is 0 Å². The van der Waals surface area contributed by atoms with E-state index in [4.69, 9.17) is 40.8 Å². The summed E-state index contributed by atoms with van der Waals surface area (Å²) in [6.07, 6.45) is -0.121. The van der Waals surface area contributed by atoms with E-state index < -0.39 is 46.1 Å². The summed E-state index contributed by atoms with van der Waals surface area (Å²) in [6.45, 7) is 19.7. The van der Waals surface area contributed by atoms with Crippen LogP contribution >= 0.6 is 0 Å². The van der Waals surface area contributed by atoms with Gasteiger partial charge >= 0.3 is 29.4 Å². The first-order valence-corrected chi connectivity index (χ1v) is 24.9. The third-order valence-electron chi connectivity index (χ3n) is 5.58. The highest BCUT2D eigenvalue weighted by atomic mass is 28.5. The molecule has 2 atom stereocenters. The first kappa shape index (κ1) is 32.4. The zero-order chi connectivity index (χ0) is 27.7. The molecule has 15 heteroatoms. The van der Waals surface area contributed by atoms with Gasteiger partial charge in [0.25, 0.3) is 0 Å². The first-order chi connectivity index (χ1) is 17.1. The van der Waals surface area contributed by atoms with Gasteiger partial charge in [-0.2, -0.15) is 0 Å². The molecule has 0 aromatic rings. The molecule has 0 saturated carbocycles. The Bertz CT molecular complexity index is 688. The zero-order valence-corrected chi connectivity index (χ0v) is 27.7. The smallest absolute Gasteiger partial charge is 0.436 e. The lowest BCUT2D eigenvalue weighted by molar-refractivity contribution is 0.0459. The van der Waals surface area contributed by atoms with Gasteiger partial charge in [-0.05, 0) is 77.3 Å². The van der Waals surface area contributed by atoms with Gasteiger partial charge < -0.3 is 40.8 Å². The fourth-order valence-corrected chi connectivity index (χ4v) is 23.9. The maximum atomic E-state index is 11.0. The van der Waals surface area contributed by atoms with Crippen molar-refractivity contribution in [1.82, 2.24) is 0 Å². The Balaban J connectivity index is 1.66. The topological polar surface area (TPSA) is 117 Å². The second kappa shape index (κ2) is 14.0. The molecule has 0 spiro atoms. The van der Waals surface area contributed by atoms with Gasteiger partial charge in [-0.3, -0.25) is 0 Å². The minimum atomic E-state index is -2.41. The van der Waals surface area contributed by atoms with E-state index in [1.165, 1.54) is 0 Å². The number of cyclic esters (lactones) is 4. The Morgan fingerprint density at radius 1 is 0.649 bits per heavy atom. The molecule has 11 nitrogen and oxygen atoms in total. The maximum absolute atomic E-state index is 11.0. The Labute approximate surface area is 225 Å². The van der Waals surface area contributed by atoms with Crippen LogP contribution in [-0.4, -0.2) is 97.9 Å². The SMILES string of the molecule is C[Si](C)(CCCOCC1COC(=O)O1)O[Si](C)(C)O[Si](C)(C)O[Si](C)(C)CCCOCC1COC(=O)O1. The van der Waals surface area contributed by atoms with Crippen LogP contribution in [0.5, 0.6) is 0 Å². The molecule has 2 aliphatic rings. The van der Waals surface area contributed by atoms with Crippen molar-refractivity contribution in [3.63, 3.8) is 0 Å². The summed E-state index contributed by atoms with van der Waals surface area (Å²) in [6, 6.07) is 1.89. The highest BCUT2D eigenvalue weighted by Crippen LogP contribution is 2.27. The van der Waals surface area contributed by atoms with Crippen LogP contribution in [0.1, 0.15) is 12.8 Å². The first-order valence-electron chi connectivity index (χ1n) is 13.0. The summed E-state index contributed by atoms with van der Waals surface area (Å²) in [5.74, 6) is 0. The van der Waals surface area contributed by atoms with E-state index in [1.807, 2.05) is 0 Å². The summed E-state index contributed by atoms with van der Waals surface area (Å²) < 4.78 is 50.7. The highest BCUT2D eigenvalue weighted by Gasteiger charge is 2.43. The summed E-state index contributed by atoms with van der Waals surface area (Å²) in [5.41, 5.74) is 0. The average Bonchev–Trinajstić information content (AvgIpc) is 3.32. The molecule has 2 rings (SSSR count). The van der Waals surface area contributed by atoms with Crippen molar-refractivity contribution in [1.29, 1.82) is 0 Å². The minimum Gasteiger partial charge on any atom is -0.436 e. The van der Waals surface area contributed by atoms with Gasteiger partial charge in [0, 0.05) is 13.2 Å². The number of rotatable bonds is 18. The van der Waals surface area contributed by atoms with E-state index in [-0.39, 0.29) is 25.4 Å². The quantitative estimate of drug-likeness (QED) is 0.124. The fraction of sp³-hybridized carbons (Fsp3) is 0.909. The Hall–Kier alpha value is -0.792. The molecule has 2 heterocycles. The second-order valence-electron chi connectivity index (χ2n) is 11.6. The van der Waals surface area contributed by atoms with Crippen molar-refractivity contribution in [3.05, 3.63) is 0 Å². The van der Waals surface area contributed by atoms with Crippen molar-refractivity contribution < 1.29 is 50.4 Å². The summed E-state index contributed by atoms with van der Waals surface area (Å²) >= 11 is 0. The Morgan fingerprint density at radius 2 is 1.03 bits per heavy atom. The minimum absolute atomic E-state index is 0.253. The molecule has 216 valence electrons. The van der Waals surface area contributed by atoms with Gasteiger partial charge in [-0.1, -0.05) is 0 Å². The summed E-state index contributed by atoms with van der Waals surface area (Å²) in [7, 11) is -8.75. The lowest BCUT2D eigenvalue weighted by Gasteiger charge is -2.41. The Morgan fingerprint density at radius 3 is 1.35 bits per heavy atom. The molecule has 0 bridgehead atoms. The molecular weight excluding hydrogens is 553 g/mol. The molecule has 2 unspecified atom stereocenters. The van der Waals surface area contributed by atoms with E-state index in [0.717, 1.165) is 24.9 Å². The number of ether oxygens (including phenoxy) is 6. The molecule has 2 saturated heterocycles. The molecule has 0 aromatic carbocycles. The number of hydrogen-bond acceptors (Lipinski definition) is 11. The van der Waals surface area contributed by atoms with Crippen LogP contribution in [0.15, 0.2) is 0 Å². The van der Waals surface area contributed by atoms with Crippen molar-refractivity contribution in [2.24, 2.45) is 0 Å². The molecule has 0 N–H and O–H groups in total. The van der Waals surface area contributed by atoms with Crippen molar-refractivity contribution >= 4 is 46.1 Å². The predicted octanol–water partition coefficient (Wildman–Crippen LogP) is 4.73. The van der Waals surface area contributed by atoms with Crippen molar-refractivity contribution in [2.45, 2.75) is 89.5 Å². The van der Waals surface area contributed by atoms with Crippen LogP contribution in [-0.2, 0) is 40.8 Å². The zero-order valence-electron chi connectivity index (χ0n) is 23.7. The Kier molecular flexibility index (Phi) is 12.3. The highest BCUT2D eigenvalue weighted by molar-refractivity contribution is 6.89. The molecule has 2 fully saturated rings. The monoisotopic (exact) mass is 598 g/mol. The van der Waals surface area contributed by atoms with Crippen LogP contribution in [0.4, 0.5) is 9.59 Å². The van der Waals surface area contributed by atoms with Crippen LogP contribution < -0.4 is 0 Å². The number of carbonyl (C=O) groups excluding carboxylic acids is 2. The second-order valence-corrected chi connectivity index (χ2v) is 27.7. The summed E-state index contributed by atoms with van der Waals surface area (Å²) in [4.78, 5) is 21.9. The summed E-state index contributed by atoms with van der Waals surface area (Å²) in [5, 5.41) is 0. The predicted molar refractivity (Wildman–Crippen MR) is 146 cm³/mol. The normalized spacial score (nSPS) is 21.0. The van der Waals surface area contributed by atoms with E-state index in [9.17, 15) is 9.59 Å². The van der Waals surface area contributed by atoms with Crippen LogP contribution in [0, 0.1) is 0 Å². The molecular formula is C22H46O11Si4. The van der Waals surface area contributed by atoms with Crippen LogP contribution in [0.2, 0.25) is 64.5 Å². The van der Waals surface area contributed by atoms with Gasteiger partial charge in [-0.25, -0.2) is 9.59 Å². The van der Waals surface area contributed by atoms with Gasteiger partial charge in [-0.15, -0.1) is 0 Å². The molecule has 2 aliphatic heterocycles. The number of carbonyl (C=O) groups is 2. The van der Waals surface area contributed by atoms with Crippen molar-refractivity contribution in [2.75, 3.05) is 39.6 Å². The van der Waals surface area contributed by atoms with E-state index in [1.54, 1.807) is 0 Å². The molecule has 37 heavy (non-hydrogen) atoms. The van der Waals surface area contributed by atoms with Gasteiger partial charge in [0.05, 0.1) is 13.2 Å². The third kappa shape index (κ3) is 13.7. The average molecular weight is 599 g/mol. The largest absolute Gasteiger partial charge is 0.508 e.